The highest BCUT2D eigenvalue weighted by Gasteiger charge is 2.07. The molecule has 0 heterocycles. The highest BCUT2D eigenvalue weighted by molar-refractivity contribution is 7.97. The standard InChI is InChI=1S/C23H20S/c1-17-10-12-18(13-11-17)15-24-16-23-21-8-4-2-6-19(21)14-20-7-3-5-9-22(20)23/h2-14H,15-16H2,1H3. The normalized spacial score (nSPS) is 11.2. The van der Waals surface area contributed by atoms with Crippen LogP contribution < -0.4 is 0 Å². The van der Waals surface area contributed by atoms with Crippen LogP contribution in [0.3, 0.4) is 0 Å². The molecule has 0 saturated heterocycles. The summed E-state index contributed by atoms with van der Waals surface area (Å²) in [6.45, 7) is 2.14. The highest BCUT2D eigenvalue weighted by Crippen LogP contribution is 2.32. The van der Waals surface area contributed by atoms with Crippen molar-refractivity contribution in [2.45, 2.75) is 18.4 Å². The zero-order chi connectivity index (χ0) is 16.4. The molecule has 0 nitrogen and oxygen atoms in total. The fraction of sp³-hybridized carbons (Fsp3) is 0.130. The van der Waals surface area contributed by atoms with Crippen LogP contribution >= 0.6 is 11.8 Å². The first-order valence-corrected chi connectivity index (χ1v) is 9.49. The Morgan fingerprint density at radius 2 is 1.25 bits per heavy atom. The summed E-state index contributed by atoms with van der Waals surface area (Å²) in [5, 5.41) is 5.43. The molecule has 0 aliphatic rings. The van der Waals surface area contributed by atoms with Gasteiger partial charge in [0.15, 0.2) is 0 Å². The quantitative estimate of drug-likeness (QED) is 0.374. The number of benzene rings is 4. The van der Waals surface area contributed by atoms with Crippen LogP contribution in [0.15, 0.2) is 78.9 Å². The van der Waals surface area contributed by atoms with Crippen LogP contribution in [0.5, 0.6) is 0 Å². The van der Waals surface area contributed by atoms with E-state index in [1.165, 1.54) is 38.2 Å². The smallest absolute Gasteiger partial charge is 0.0200 e. The van der Waals surface area contributed by atoms with Gasteiger partial charge >= 0.3 is 0 Å². The molecule has 0 unspecified atom stereocenters. The lowest BCUT2D eigenvalue weighted by atomic mass is 9.98. The Balaban J connectivity index is 1.67. The topological polar surface area (TPSA) is 0 Å². The van der Waals surface area contributed by atoms with Gasteiger partial charge in [-0.25, -0.2) is 0 Å². The van der Waals surface area contributed by atoms with Gasteiger partial charge in [-0.1, -0.05) is 78.4 Å². The molecule has 0 fully saturated rings. The Bertz CT molecular complexity index is 930. The SMILES string of the molecule is Cc1ccc(CSCc2c3ccccc3cc3ccccc23)cc1. The van der Waals surface area contributed by atoms with E-state index in [4.69, 9.17) is 0 Å². The van der Waals surface area contributed by atoms with Crippen molar-refractivity contribution in [3.8, 4) is 0 Å². The largest absolute Gasteiger partial charge is 0.152 e. The van der Waals surface area contributed by atoms with E-state index in [1.807, 2.05) is 11.8 Å². The van der Waals surface area contributed by atoms with Crippen LogP contribution in [0, 0.1) is 6.92 Å². The fourth-order valence-electron chi connectivity index (χ4n) is 3.22. The van der Waals surface area contributed by atoms with Gasteiger partial charge in [0.1, 0.15) is 0 Å². The molecule has 4 rings (SSSR count). The van der Waals surface area contributed by atoms with Crippen molar-refractivity contribution in [3.05, 3.63) is 95.6 Å². The van der Waals surface area contributed by atoms with Crippen molar-refractivity contribution in [1.29, 1.82) is 0 Å². The van der Waals surface area contributed by atoms with E-state index in [0.29, 0.717) is 0 Å². The van der Waals surface area contributed by atoms with E-state index in [9.17, 15) is 0 Å². The second-order valence-corrected chi connectivity index (χ2v) is 7.26. The number of aryl methyl sites for hydroxylation is 1. The average molecular weight is 328 g/mol. The van der Waals surface area contributed by atoms with E-state index >= 15 is 0 Å². The van der Waals surface area contributed by atoms with E-state index in [0.717, 1.165) is 11.5 Å². The minimum atomic E-state index is 1.04. The molecule has 1 heteroatoms. The third-order valence-electron chi connectivity index (χ3n) is 4.52. The Morgan fingerprint density at radius 1 is 0.667 bits per heavy atom. The predicted octanol–water partition coefficient (Wildman–Crippen LogP) is 6.73. The van der Waals surface area contributed by atoms with Crippen LogP contribution in [-0.4, -0.2) is 0 Å². The van der Waals surface area contributed by atoms with Gasteiger partial charge in [0.05, 0.1) is 0 Å². The van der Waals surface area contributed by atoms with Crippen LogP contribution in [0.4, 0.5) is 0 Å². The van der Waals surface area contributed by atoms with Crippen molar-refractivity contribution in [2.75, 3.05) is 0 Å². The number of hydrogen-bond acceptors (Lipinski definition) is 1. The predicted molar refractivity (Wildman–Crippen MR) is 108 cm³/mol. The average Bonchev–Trinajstić information content (AvgIpc) is 2.63. The lowest BCUT2D eigenvalue weighted by Crippen LogP contribution is -1.89. The summed E-state index contributed by atoms with van der Waals surface area (Å²) < 4.78 is 0. The monoisotopic (exact) mass is 328 g/mol. The van der Waals surface area contributed by atoms with Crippen LogP contribution in [0.1, 0.15) is 16.7 Å². The molecule has 0 aliphatic carbocycles. The Morgan fingerprint density at radius 3 is 1.88 bits per heavy atom. The number of rotatable bonds is 4. The van der Waals surface area contributed by atoms with Gasteiger partial charge in [0, 0.05) is 11.5 Å². The minimum absolute atomic E-state index is 1.04. The molecule has 4 aromatic carbocycles. The van der Waals surface area contributed by atoms with Gasteiger partial charge in [-0.15, -0.1) is 0 Å². The van der Waals surface area contributed by atoms with Gasteiger partial charge in [-0.2, -0.15) is 11.8 Å². The first-order valence-electron chi connectivity index (χ1n) is 8.34. The van der Waals surface area contributed by atoms with E-state index in [-0.39, 0.29) is 0 Å². The first kappa shape index (κ1) is 15.3. The summed E-state index contributed by atoms with van der Waals surface area (Å²) in [5.41, 5.74) is 4.18. The Kier molecular flexibility index (Phi) is 4.27. The fourth-order valence-corrected chi connectivity index (χ4v) is 4.26. The summed E-state index contributed by atoms with van der Waals surface area (Å²) in [6, 6.07) is 28.7. The molecular weight excluding hydrogens is 308 g/mol. The van der Waals surface area contributed by atoms with Crippen molar-refractivity contribution < 1.29 is 0 Å². The molecule has 0 aromatic heterocycles. The van der Waals surface area contributed by atoms with Crippen molar-refractivity contribution in [2.24, 2.45) is 0 Å². The summed E-state index contributed by atoms with van der Waals surface area (Å²) >= 11 is 1.99. The van der Waals surface area contributed by atoms with E-state index in [2.05, 4.69) is 85.8 Å². The zero-order valence-corrected chi connectivity index (χ0v) is 14.6. The molecule has 0 N–H and O–H groups in total. The molecule has 4 aromatic rings. The van der Waals surface area contributed by atoms with Crippen LogP contribution in [-0.2, 0) is 11.5 Å². The van der Waals surface area contributed by atoms with Crippen LogP contribution in [0.25, 0.3) is 21.5 Å². The molecule has 0 radical (unpaired) electrons. The van der Waals surface area contributed by atoms with Gasteiger partial charge < -0.3 is 0 Å². The maximum Gasteiger partial charge on any atom is 0.0200 e. The third-order valence-corrected chi connectivity index (χ3v) is 5.55. The van der Waals surface area contributed by atoms with Crippen LogP contribution in [0.2, 0.25) is 0 Å². The molecular formula is C23H20S. The Labute approximate surface area is 147 Å². The molecule has 0 amide bonds. The molecule has 0 aliphatic heterocycles. The maximum atomic E-state index is 2.30. The summed E-state index contributed by atoms with van der Waals surface area (Å²) in [6.07, 6.45) is 0. The lowest BCUT2D eigenvalue weighted by molar-refractivity contribution is 1.35. The molecule has 118 valence electrons. The van der Waals surface area contributed by atoms with E-state index < -0.39 is 0 Å². The molecule has 0 saturated carbocycles. The van der Waals surface area contributed by atoms with Crippen molar-refractivity contribution in [1.82, 2.24) is 0 Å². The van der Waals surface area contributed by atoms with Gasteiger partial charge in [-0.3, -0.25) is 0 Å². The van der Waals surface area contributed by atoms with Crippen molar-refractivity contribution in [3.63, 3.8) is 0 Å². The van der Waals surface area contributed by atoms with Gasteiger partial charge in [-0.05, 0) is 45.7 Å². The minimum Gasteiger partial charge on any atom is -0.152 e. The lowest BCUT2D eigenvalue weighted by Gasteiger charge is -2.11. The zero-order valence-electron chi connectivity index (χ0n) is 13.8. The summed E-state index contributed by atoms with van der Waals surface area (Å²) in [5.74, 6) is 2.09. The summed E-state index contributed by atoms with van der Waals surface area (Å²) in [4.78, 5) is 0. The number of fused-ring (bicyclic) bond motifs is 2. The van der Waals surface area contributed by atoms with E-state index in [1.54, 1.807) is 0 Å². The first-order chi connectivity index (χ1) is 11.8. The molecule has 0 bridgehead atoms. The Hall–Kier alpha value is -2.25. The van der Waals surface area contributed by atoms with Gasteiger partial charge in [0.2, 0.25) is 0 Å². The molecule has 0 spiro atoms. The second-order valence-electron chi connectivity index (χ2n) is 6.28. The number of hydrogen-bond donors (Lipinski definition) is 0. The maximum absolute atomic E-state index is 2.30. The molecule has 0 atom stereocenters. The number of thioether (sulfide) groups is 1. The highest BCUT2D eigenvalue weighted by atomic mass is 32.2. The summed E-state index contributed by atoms with van der Waals surface area (Å²) in [7, 11) is 0. The third kappa shape index (κ3) is 3.05. The van der Waals surface area contributed by atoms with Crippen molar-refractivity contribution >= 4 is 33.3 Å². The molecule has 24 heavy (non-hydrogen) atoms. The second kappa shape index (κ2) is 6.70. The van der Waals surface area contributed by atoms with Gasteiger partial charge in [0.25, 0.3) is 0 Å².